The van der Waals surface area contributed by atoms with Gasteiger partial charge in [-0.05, 0) is 36.8 Å². The summed E-state index contributed by atoms with van der Waals surface area (Å²) in [5.74, 6) is 5.50. The molecule has 1 heterocycles. The van der Waals surface area contributed by atoms with Gasteiger partial charge >= 0.3 is 0 Å². The van der Waals surface area contributed by atoms with Crippen molar-refractivity contribution < 1.29 is 4.79 Å². The van der Waals surface area contributed by atoms with E-state index in [1.165, 1.54) is 0 Å². The summed E-state index contributed by atoms with van der Waals surface area (Å²) in [4.78, 5) is 16.2. The first-order valence-corrected chi connectivity index (χ1v) is 6.21. The van der Waals surface area contributed by atoms with Crippen molar-refractivity contribution in [3.63, 3.8) is 0 Å². The molecule has 0 aliphatic heterocycles. The highest BCUT2D eigenvalue weighted by molar-refractivity contribution is 6.05. The molecule has 0 bridgehead atoms. The Morgan fingerprint density at radius 2 is 2.25 bits per heavy atom. The van der Waals surface area contributed by atoms with E-state index in [1.807, 2.05) is 19.1 Å². The molecule has 0 atom stereocenters. The Labute approximate surface area is 118 Å². The second-order valence-electron chi connectivity index (χ2n) is 4.25. The van der Waals surface area contributed by atoms with Gasteiger partial charge in [0.2, 0.25) is 0 Å². The van der Waals surface area contributed by atoms with Crippen LogP contribution < -0.4 is 11.1 Å². The second kappa shape index (κ2) is 6.50. The number of aryl methyl sites for hydroxylation is 1. The Kier molecular flexibility index (Phi) is 4.48. The molecule has 3 N–H and O–H groups in total. The van der Waals surface area contributed by atoms with E-state index < -0.39 is 0 Å². The smallest absolute Gasteiger partial charge is 0.256 e. The molecule has 0 aliphatic rings. The molecular formula is C16H15N3O. The van der Waals surface area contributed by atoms with Crippen molar-refractivity contribution in [1.29, 1.82) is 0 Å². The van der Waals surface area contributed by atoms with Crippen molar-refractivity contribution in [3.05, 3.63) is 59.4 Å². The van der Waals surface area contributed by atoms with Crippen LogP contribution in [0.1, 0.15) is 21.5 Å². The molecule has 0 fully saturated rings. The number of pyridine rings is 1. The van der Waals surface area contributed by atoms with E-state index >= 15 is 0 Å². The van der Waals surface area contributed by atoms with Gasteiger partial charge in [0.05, 0.1) is 24.0 Å². The van der Waals surface area contributed by atoms with Crippen LogP contribution in [0.2, 0.25) is 0 Å². The highest BCUT2D eigenvalue weighted by Gasteiger charge is 2.10. The summed E-state index contributed by atoms with van der Waals surface area (Å²) < 4.78 is 0. The number of hydrogen-bond acceptors (Lipinski definition) is 3. The average molecular weight is 265 g/mol. The molecule has 20 heavy (non-hydrogen) atoms. The number of nitrogens with two attached hydrogens (primary N) is 1. The zero-order valence-electron chi connectivity index (χ0n) is 11.2. The summed E-state index contributed by atoms with van der Waals surface area (Å²) in [7, 11) is 0. The number of hydrogen-bond donors (Lipinski definition) is 2. The topological polar surface area (TPSA) is 68.0 Å². The first kappa shape index (κ1) is 13.8. The fourth-order valence-corrected chi connectivity index (χ4v) is 1.74. The Morgan fingerprint density at radius 1 is 1.40 bits per heavy atom. The highest BCUT2D eigenvalue weighted by Crippen LogP contribution is 2.13. The van der Waals surface area contributed by atoms with Crippen LogP contribution in [0.3, 0.4) is 0 Å². The van der Waals surface area contributed by atoms with E-state index in [0.29, 0.717) is 16.8 Å². The van der Waals surface area contributed by atoms with Crippen LogP contribution in [0.5, 0.6) is 0 Å². The molecule has 100 valence electrons. The van der Waals surface area contributed by atoms with Crippen LogP contribution in [0.4, 0.5) is 5.69 Å². The number of benzene rings is 1. The summed E-state index contributed by atoms with van der Waals surface area (Å²) in [6.45, 7) is 2.22. The van der Waals surface area contributed by atoms with Gasteiger partial charge in [0.1, 0.15) is 0 Å². The lowest BCUT2D eigenvalue weighted by Crippen LogP contribution is -2.13. The SMILES string of the molecule is Cc1ccc(C(=O)Nc2cccnc2)c(C#CCN)c1. The highest BCUT2D eigenvalue weighted by atomic mass is 16.1. The Hall–Kier alpha value is -2.64. The molecule has 0 aliphatic carbocycles. The van der Waals surface area contributed by atoms with Gasteiger partial charge in [-0.1, -0.05) is 17.9 Å². The molecule has 1 aromatic heterocycles. The molecule has 0 saturated carbocycles. The molecule has 0 unspecified atom stereocenters. The van der Waals surface area contributed by atoms with E-state index in [9.17, 15) is 4.79 Å². The minimum atomic E-state index is -0.209. The van der Waals surface area contributed by atoms with E-state index in [-0.39, 0.29) is 12.5 Å². The number of nitrogens with one attached hydrogen (secondary N) is 1. The quantitative estimate of drug-likeness (QED) is 0.815. The lowest BCUT2D eigenvalue weighted by Gasteiger charge is -2.07. The molecule has 1 aromatic carbocycles. The minimum absolute atomic E-state index is 0.209. The van der Waals surface area contributed by atoms with Crippen molar-refractivity contribution >= 4 is 11.6 Å². The Balaban J connectivity index is 2.30. The summed E-state index contributed by atoms with van der Waals surface area (Å²) in [6.07, 6.45) is 3.25. The van der Waals surface area contributed by atoms with E-state index in [0.717, 1.165) is 5.56 Å². The normalized spacial score (nSPS) is 9.50. The predicted molar refractivity (Wildman–Crippen MR) is 79.3 cm³/mol. The van der Waals surface area contributed by atoms with Crippen LogP contribution in [0.25, 0.3) is 0 Å². The third-order valence-electron chi connectivity index (χ3n) is 2.66. The van der Waals surface area contributed by atoms with E-state index in [1.54, 1.807) is 30.6 Å². The van der Waals surface area contributed by atoms with E-state index in [4.69, 9.17) is 5.73 Å². The van der Waals surface area contributed by atoms with Crippen molar-refractivity contribution in [1.82, 2.24) is 4.98 Å². The minimum Gasteiger partial charge on any atom is -0.321 e. The van der Waals surface area contributed by atoms with Crippen molar-refractivity contribution in [3.8, 4) is 11.8 Å². The predicted octanol–water partition coefficient (Wildman–Crippen LogP) is 1.95. The number of carbonyl (C=O) groups excluding carboxylic acids is 1. The van der Waals surface area contributed by atoms with Gasteiger partial charge in [0.25, 0.3) is 5.91 Å². The summed E-state index contributed by atoms with van der Waals surface area (Å²) in [5.41, 5.74) is 8.28. The monoisotopic (exact) mass is 265 g/mol. The Morgan fingerprint density at radius 3 is 2.95 bits per heavy atom. The van der Waals surface area contributed by atoms with Gasteiger partial charge in [0.15, 0.2) is 0 Å². The molecule has 4 nitrogen and oxygen atoms in total. The maximum Gasteiger partial charge on any atom is 0.256 e. The number of anilines is 1. The van der Waals surface area contributed by atoms with E-state index in [2.05, 4.69) is 22.1 Å². The summed E-state index contributed by atoms with van der Waals surface area (Å²) >= 11 is 0. The standard InChI is InChI=1S/C16H15N3O/c1-12-6-7-15(13(10-12)4-2-8-17)16(20)19-14-5-3-9-18-11-14/h3,5-7,9-11H,8,17H2,1H3,(H,19,20). The van der Waals surface area contributed by atoms with Gasteiger partial charge in [-0.25, -0.2) is 0 Å². The average Bonchev–Trinajstić information content (AvgIpc) is 2.46. The zero-order chi connectivity index (χ0) is 14.4. The van der Waals surface area contributed by atoms with Crippen molar-refractivity contribution in [2.75, 3.05) is 11.9 Å². The third-order valence-corrected chi connectivity index (χ3v) is 2.66. The molecule has 1 amide bonds. The van der Waals surface area contributed by atoms with Crippen molar-refractivity contribution in [2.24, 2.45) is 5.73 Å². The second-order valence-corrected chi connectivity index (χ2v) is 4.25. The molecule has 0 saturated heterocycles. The van der Waals surface area contributed by atoms with Gasteiger partial charge in [-0.15, -0.1) is 0 Å². The third kappa shape index (κ3) is 3.44. The molecule has 0 spiro atoms. The van der Waals surface area contributed by atoms with Crippen LogP contribution >= 0.6 is 0 Å². The number of aromatic nitrogens is 1. The van der Waals surface area contributed by atoms with Crippen LogP contribution in [-0.4, -0.2) is 17.4 Å². The lowest BCUT2D eigenvalue weighted by atomic mass is 10.0. The maximum absolute atomic E-state index is 12.3. The number of amides is 1. The number of rotatable bonds is 2. The van der Waals surface area contributed by atoms with Crippen LogP contribution in [-0.2, 0) is 0 Å². The number of nitrogens with zero attached hydrogens (tertiary/aromatic N) is 1. The lowest BCUT2D eigenvalue weighted by molar-refractivity contribution is 0.102. The zero-order valence-corrected chi connectivity index (χ0v) is 11.2. The largest absolute Gasteiger partial charge is 0.321 e. The molecule has 0 radical (unpaired) electrons. The molecular weight excluding hydrogens is 250 g/mol. The summed E-state index contributed by atoms with van der Waals surface area (Å²) in [6, 6.07) is 9.07. The van der Waals surface area contributed by atoms with Crippen LogP contribution in [0, 0.1) is 18.8 Å². The first-order chi connectivity index (χ1) is 9.70. The van der Waals surface area contributed by atoms with Crippen LogP contribution in [0.15, 0.2) is 42.7 Å². The first-order valence-electron chi connectivity index (χ1n) is 6.21. The summed E-state index contributed by atoms with van der Waals surface area (Å²) in [5, 5.41) is 2.79. The van der Waals surface area contributed by atoms with Gasteiger partial charge in [-0.2, -0.15) is 0 Å². The van der Waals surface area contributed by atoms with Crippen molar-refractivity contribution in [2.45, 2.75) is 6.92 Å². The fraction of sp³-hybridized carbons (Fsp3) is 0.125. The molecule has 4 heteroatoms. The van der Waals surface area contributed by atoms with Gasteiger partial charge in [-0.3, -0.25) is 9.78 Å². The molecule has 2 rings (SSSR count). The molecule has 2 aromatic rings. The number of carbonyl (C=O) groups is 1. The fourth-order valence-electron chi connectivity index (χ4n) is 1.74. The van der Waals surface area contributed by atoms with Gasteiger partial charge < -0.3 is 11.1 Å². The van der Waals surface area contributed by atoms with Gasteiger partial charge in [0, 0.05) is 11.8 Å². The Bertz CT molecular complexity index is 669. The maximum atomic E-state index is 12.3.